The summed E-state index contributed by atoms with van der Waals surface area (Å²) in [5.74, 6) is -0.237. The number of H-pyrrole nitrogens is 1. The first-order valence-electron chi connectivity index (χ1n) is 9.07. The van der Waals surface area contributed by atoms with Crippen molar-refractivity contribution in [3.05, 3.63) is 74.8 Å². The van der Waals surface area contributed by atoms with E-state index in [0.717, 1.165) is 43.7 Å². The Labute approximate surface area is 166 Å². The van der Waals surface area contributed by atoms with Gasteiger partial charge in [-0.25, -0.2) is 4.39 Å². The first kappa shape index (κ1) is 18.7. The van der Waals surface area contributed by atoms with Crippen LogP contribution in [0.2, 0.25) is 5.02 Å². The number of aldehydes is 1. The Morgan fingerprint density at radius 2 is 1.79 bits per heavy atom. The number of anilines is 1. The zero-order valence-corrected chi connectivity index (χ0v) is 15.9. The highest BCUT2D eigenvalue weighted by atomic mass is 35.5. The van der Waals surface area contributed by atoms with E-state index in [1.54, 1.807) is 18.2 Å². The molecule has 0 bridgehead atoms. The summed E-state index contributed by atoms with van der Waals surface area (Å²) >= 11 is 5.89. The molecule has 3 aromatic rings. The Morgan fingerprint density at radius 3 is 2.46 bits per heavy atom. The number of hydrogen-bond donors (Lipinski definition) is 1. The molecule has 0 unspecified atom stereocenters. The molecule has 144 valence electrons. The Morgan fingerprint density at radius 1 is 1.07 bits per heavy atom. The van der Waals surface area contributed by atoms with Crippen molar-refractivity contribution >= 4 is 34.5 Å². The van der Waals surface area contributed by atoms with Gasteiger partial charge in [-0.3, -0.25) is 14.5 Å². The molecule has 1 N–H and O–H groups in total. The van der Waals surface area contributed by atoms with Crippen LogP contribution in [0.25, 0.3) is 10.9 Å². The summed E-state index contributed by atoms with van der Waals surface area (Å²) in [6.45, 7) is 3.91. The molecule has 4 rings (SSSR count). The fourth-order valence-corrected chi connectivity index (χ4v) is 3.82. The van der Waals surface area contributed by atoms with Gasteiger partial charge in [0.05, 0.1) is 5.52 Å². The molecule has 5 nitrogen and oxygen atoms in total. The predicted octanol–water partition coefficient (Wildman–Crippen LogP) is 3.46. The van der Waals surface area contributed by atoms with Crippen LogP contribution < -0.4 is 10.3 Å². The van der Waals surface area contributed by atoms with Gasteiger partial charge in [-0.2, -0.15) is 0 Å². The van der Waals surface area contributed by atoms with Gasteiger partial charge in [-0.05, 0) is 35.9 Å². The zero-order valence-electron chi connectivity index (χ0n) is 15.1. The normalized spacial score (nSPS) is 15.1. The number of carbonyl (C=O) groups excluding carboxylic acids is 1. The minimum Gasteiger partial charge on any atom is -0.369 e. The van der Waals surface area contributed by atoms with Crippen LogP contribution in [-0.4, -0.2) is 42.3 Å². The fourth-order valence-electron chi connectivity index (χ4n) is 3.67. The highest BCUT2D eigenvalue weighted by Crippen LogP contribution is 2.22. The first-order valence-corrected chi connectivity index (χ1v) is 9.45. The number of piperazine rings is 1. The SMILES string of the molecule is O=Cc1c(CN2CCN(c3ccc(F)cc3)CC2)ccc2c(=O)c(Cl)c[nH]c12. The van der Waals surface area contributed by atoms with Crippen molar-refractivity contribution in [2.45, 2.75) is 6.54 Å². The van der Waals surface area contributed by atoms with Crippen molar-refractivity contribution in [1.82, 2.24) is 9.88 Å². The number of carbonyl (C=O) groups is 1. The second kappa shape index (κ2) is 7.73. The molecule has 2 heterocycles. The van der Waals surface area contributed by atoms with Crippen molar-refractivity contribution in [2.24, 2.45) is 0 Å². The van der Waals surface area contributed by atoms with Crippen LogP contribution >= 0.6 is 11.6 Å². The predicted molar refractivity (Wildman–Crippen MR) is 109 cm³/mol. The average Bonchev–Trinajstić information content (AvgIpc) is 2.72. The number of fused-ring (bicyclic) bond motifs is 1. The Bertz CT molecular complexity index is 1070. The van der Waals surface area contributed by atoms with E-state index in [0.29, 0.717) is 23.0 Å². The van der Waals surface area contributed by atoms with E-state index in [4.69, 9.17) is 11.6 Å². The molecule has 0 atom stereocenters. The minimum atomic E-state index is -0.280. The third-order valence-electron chi connectivity index (χ3n) is 5.22. The summed E-state index contributed by atoms with van der Waals surface area (Å²) in [5, 5.41) is 0.522. The lowest BCUT2D eigenvalue weighted by atomic mass is 10.0. The van der Waals surface area contributed by atoms with E-state index in [2.05, 4.69) is 14.8 Å². The van der Waals surface area contributed by atoms with Crippen LogP contribution in [0, 0.1) is 5.82 Å². The van der Waals surface area contributed by atoms with E-state index in [1.165, 1.54) is 18.3 Å². The zero-order chi connectivity index (χ0) is 19.7. The average molecular weight is 400 g/mol. The van der Waals surface area contributed by atoms with Crippen LogP contribution in [0.15, 0.2) is 47.4 Å². The monoisotopic (exact) mass is 399 g/mol. The standard InChI is InChI=1S/C21H19ClFN3O2/c22-19-11-24-20-17(21(19)28)6-1-14(18(20)13-27)12-25-7-9-26(10-8-25)16-4-2-15(23)3-5-16/h1-6,11,13H,7-10,12H2,(H,24,28). The molecule has 1 aliphatic rings. The second-order valence-electron chi connectivity index (χ2n) is 6.88. The molecule has 0 aliphatic carbocycles. The lowest BCUT2D eigenvalue weighted by Crippen LogP contribution is -2.46. The lowest BCUT2D eigenvalue weighted by Gasteiger charge is -2.36. The molecular formula is C21H19ClFN3O2. The maximum absolute atomic E-state index is 13.1. The largest absolute Gasteiger partial charge is 0.369 e. The van der Waals surface area contributed by atoms with E-state index in [1.807, 2.05) is 6.07 Å². The molecule has 0 saturated carbocycles. The number of aromatic amines is 1. The summed E-state index contributed by atoms with van der Waals surface area (Å²) in [5.41, 5.74) is 2.61. The molecule has 0 radical (unpaired) electrons. The van der Waals surface area contributed by atoms with Crippen molar-refractivity contribution in [3.8, 4) is 0 Å². The molecular weight excluding hydrogens is 381 g/mol. The molecule has 1 saturated heterocycles. The van der Waals surface area contributed by atoms with E-state index < -0.39 is 0 Å². The number of nitrogens with zero attached hydrogens (tertiary/aromatic N) is 2. The quantitative estimate of drug-likeness (QED) is 0.683. The summed E-state index contributed by atoms with van der Waals surface area (Å²) < 4.78 is 13.1. The van der Waals surface area contributed by atoms with Crippen molar-refractivity contribution in [3.63, 3.8) is 0 Å². The van der Waals surface area contributed by atoms with Crippen LogP contribution in [0.3, 0.4) is 0 Å². The molecule has 0 amide bonds. The molecule has 7 heteroatoms. The van der Waals surface area contributed by atoms with Crippen molar-refractivity contribution in [1.29, 1.82) is 0 Å². The van der Waals surface area contributed by atoms with Gasteiger partial charge in [0, 0.05) is 55.6 Å². The number of nitrogens with one attached hydrogen (secondary N) is 1. The van der Waals surface area contributed by atoms with Gasteiger partial charge in [0.2, 0.25) is 5.43 Å². The number of rotatable bonds is 4. The second-order valence-corrected chi connectivity index (χ2v) is 7.29. The summed E-state index contributed by atoms with van der Waals surface area (Å²) in [7, 11) is 0. The van der Waals surface area contributed by atoms with Crippen LogP contribution in [0.4, 0.5) is 10.1 Å². The molecule has 0 spiro atoms. The molecule has 1 aromatic heterocycles. The van der Waals surface area contributed by atoms with Crippen molar-refractivity contribution in [2.75, 3.05) is 31.1 Å². The summed E-state index contributed by atoms with van der Waals surface area (Å²) in [6, 6.07) is 10.1. The molecule has 1 aliphatic heterocycles. The Kier molecular flexibility index (Phi) is 5.15. The maximum atomic E-state index is 13.1. The number of hydrogen-bond acceptors (Lipinski definition) is 4. The topological polar surface area (TPSA) is 56.4 Å². The lowest BCUT2D eigenvalue weighted by molar-refractivity contribution is 0.112. The molecule has 2 aromatic carbocycles. The third kappa shape index (κ3) is 3.53. The van der Waals surface area contributed by atoms with Gasteiger partial charge in [0.15, 0.2) is 6.29 Å². The number of benzene rings is 2. The van der Waals surface area contributed by atoms with E-state index in [-0.39, 0.29) is 16.3 Å². The first-order chi connectivity index (χ1) is 13.6. The Hall–Kier alpha value is -2.70. The summed E-state index contributed by atoms with van der Waals surface area (Å²) in [4.78, 5) is 31.4. The number of pyridine rings is 1. The van der Waals surface area contributed by atoms with Gasteiger partial charge in [0.25, 0.3) is 0 Å². The van der Waals surface area contributed by atoms with Gasteiger partial charge >= 0.3 is 0 Å². The minimum absolute atomic E-state index is 0.106. The van der Waals surface area contributed by atoms with Crippen LogP contribution in [-0.2, 0) is 6.54 Å². The van der Waals surface area contributed by atoms with Crippen LogP contribution in [0.5, 0.6) is 0 Å². The number of halogens is 2. The molecule has 28 heavy (non-hydrogen) atoms. The fraction of sp³-hybridized carbons (Fsp3) is 0.238. The Balaban J connectivity index is 1.51. The highest BCUT2D eigenvalue weighted by molar-refractivity contribution is 6.31. The molecule has 1 fully saturated rings. The number of aromatic nitrogens is 1. The van der Waals surface area contributed by atoms with Crippen molar-refractivity contribution < 1.29 is 9.18 Å². The maximum Gasteiger partial charge on any atom is 0.207 e. The third-order valence-corrected chi connectivity index (χ3v) is 5.50. The van der Waals surface area contributed by atoms with Gasteiger partial charge in [-0.1, -0.05) is 17.7 Å². The van der Waals surface area contributed by atoms with Crippen LogP contribution in [0.1, 0.15) is 15.9 Å². The van der Waals surface area contributed by atoms with Gasteiger partial charge in [-0.15, -0.1) is 0 Å². The smallest absolute Gasteiger partial charge is 0.207 e. The van der Waals surface area contributed by atoms with E-state index in [9.17, 15) is 14.0 Å². The van der Waals surface area contributed by atoms with E-state index >= 15 is 0 Å². The summed E-state index contributed by atoms with van der Waals surface area (Å²) in [6.07, 6.45) is 2.21. The van der Waals surface area contributed by atoms with Gasteiger partial charge < -0.3 is 9.88 Å². The van der Waals surface area contributed by atoms with Gasteiger partial charge in [0.1, 0.15) is 10.8 Å². The highest BCUT2D eigenvalue weighted by Gasteiger charge is 2.19.